The average Bonchev–Trinajstić information content (AvgIpc) is 2.57. The van der Waals surface area contributed by atoms with Gasteiger partial charge in [-0.05, 0) is 6.07 Å². The van der Waals surface area contributed by atoms with Crippen LogP contribution in [0.3, 0.4) is 0 Å². The Hall–Kier alpha value is -0.610. The minimum Gasteiger partial charge on any atom is -0.507 e. The number of aromatic nitrogens is 2. The molecule has 0 saturated heterocycles. The van der Waals surface area contributed by atoms with Crippen molar-refractivity contribution < 1.29 is 5.11 Å². The largest absolute Gasteiger partial charge is 0.507 e. The number of hydrogen-bond acceptors (Lipinski definition) is 2. The van der Waals surface area contributed by atoms with Crippen molar-refractivity contribution >= 4 is 49.6 Å². The molecule has 0 radical (unpaired) electrons. The van der Waals surface area contributed by atoms with Crippen LogP contribution in [0.25, 0.3) is 11.1 Å². The van der Waals surface area contributed by atoms with Crippen molar-refractivity contribution in [3.8, 4) is 16.9 Å². The molecule has 92 valence electrons. The smallest absolute Gasteiger partial charge is 0.123 e. The molecular weight excluding hydrogens is 294 g/mol. The molecule has 0 saturated carbocycles. The van der Waals surface area contributed by atoms with Crippen molar-refractivity contribution in [1.82, 2.24) is 10.2 Å². The number of phenols is 1. The van der Waals surface area contributed by atoms with E-state index in [2.05, 4.69) is 10.2 Å². The van der Waals surface area contributed by atoms with E-state index in [0.29, 0.717) is 0 Å². The first-order valence-corrected chi connectivity index (χ1v) is 3.65. The first-order chi connectivity index (χ1) is 5.88. The molecule has 0 aliphatic heterocycles. The standard InChI is InChI=1S/C9H8N2O.4ClH/c12-9-4-2-1-3-8(9)7-5-10-11-6-7;;;;/h1-6,12H,(H,10,11);4*1H. The van der Waals surface area contributed by atoms with Crippen molar-refractivity contribution in [2.24, 2.45) is 0 Å². The first kappa shape index (κ1) is 20.8. The summed E-state index contributed by atoms with van der Waals surface area (Å²) in [5.41, 5.74) is 1.69. The zero-order valence-corrected chi connectivity index (χ0v) is 11.3. The van der Waals surface area contributed by atoms with Crippen molar-refractivity contribution in [1.29, 1.82) is 0 Å². The lowest BCUT2D eigenvalue weighted by molar-refractivity contribution is 0.477. The molecule has 0 fully saturated rings. The highest BCUT2D eigenvalue weighted by atomic mass is 35.5. The van der Waals surface area contributed by atoms with Gasteiger partial charge in [-0.2, -0.15) is 5.10 Å². The molecule has 0 bridgehead atoms. The Balaban J connectivity index is -0.000000422. The molecule has 1 aromatic heterocycles. The molecule has 1 heterocycles. The highest BCUT2D eigenvalue weighted by molar-refractivity contribution is 5.86. The third kappa shape index (κ3) is 4.49. The Kier molecular flexibility index (Phi) is 12.5. The molecule has 0 atom stereocenters. The molecule has 0 aliphatic carbocycles. The quantitative estimate of drug-likeness (QED) is 0.847. The van der Waals surface area contributed by atoms with E-state index in [1.807, 2.05) is 12.1 Å². The maximum atomic E-state index is 9.44. The van der Waals surface area contributed by atoms with E-state index >= 15 is 0 Å². The van der Waals surface area contributed by atoms with Crippen LogP contribution in [-0.2, 0) is 0 Å². The van der Waals surface area contributed by atoms with Crippen LogP contribution in [0.4, 0.5) is 0 Å². The molecule has 7 heteroatoms. The topological polar surface area (TPSA) is 48.9 Å². The fourth-order valence-corrected chi connectivity index (χ4v) is 1.12. The number of aromatic amines is 1. The number of phenolic OH excluding ortho intramolecular Hbond substituents is 1. The second-order valence-electron chi connectivity index (χ2n) is 2.50. The zero-order valence-electron chi connectivity index (χ0n) is 7.99. The van der Waals surface area contributed by atoms with E-state index < -0.39 is 0 Å². The SMILES string of the molecule is Cl.Cl.Cl.Cl.Oc1ccccc1-c1cn[nH]c1. The van der Waals surface area contributed by atoms with Gasteiger partial charge < -0.3 is 5.11 Å². The van der Waals surface area contributed by atoms with Crippen LogP contribution < -0.4 is 0 Å². The van der Waals surface area contributed by atoms with E-state index in [1.54, 1.807) is 24.5 Å². The lowest BCUT2D eigenvalue weighted by Crippen LogP contribution is -1.73. The number of nitrogens with one attached hydrogen (secondary N) is 1. The third-order valence-electron chi connectivity index (χ3n) is 1.71. The molecule has 2 aromatic rings. The van der Waals surface area contributed by atoms with Gasteiger partial charge in [0.15, 0.2) is 0 Å². The van der Waals surface area contributed by atoms with Gasteiger partial charge in [-0.3, -0.25) is 5.10 Å². The second kappa shape index (κ2) is 9.60. The second-order valence-corrected chi connectivity index (χ2v) is 2.50. The summed E-state index contributed by atoms with van der Waals surface area (Å²) < 4.78 is 0. The van der Waals surface area contributed by atoms with Crippen LogP contribution in [0.5, 0.6) is 5.75 Å². The number of aromatic hydroxyl groups is 1. The van der Waals surface area contributed by atoms with E-state index in [1.165, 1.54) is 0 Å². The summed E-state index contributed by atoms with van der Waals surface area (Å²) in [4.78, 5) is 0. The molecule has 0 unspecified atom stereocenters. The van der Waals surface area contributed by atoms with Gasteiger partial charge in [-0.15, -0.1) is 49.6 Å². The van der Waals surface area contributed by atoms with Crippen LogP contribution >= 0.6 is 49.6 Å². The van der Waals surface area contributed by atoms with Crippen LogP contribution in [-0.4, -0.2) is 15.3 Å². The Labute approximate surface area is 118 Å². The lowest BCUT2D eigenvalue weighted by atomic mass is 10.1. The van der Waals surface area contributed by atoms with Gasteiger partial charge in [0, 0.05) is 17.3 Å². The lowest BCUT2D eigenvalue weighted by Gasteiger charge is -1.98. The fraction of sp³-hybridized carbons (Fsp3) is 0. The monoisotopic (exact) mass is 304 g/mol. The number of nitrogens with zero attached hydrogens (tertiary/aromatic N) is 1. The van der Waals surface area contributed by atoms with E-state index in [4.69, 9.17) is 0 Å². The van der Waals surface area contributed by atoms with Crippen molar-refractivity contribution in [2.75, 3.05) is 0 Å². The van der Waals surface area contributed by atoms with Crippen LogP contribution in [0.2, 0.25) is 0 Å². The Morgan fingerprint density at radius 1 is 1.00 bits per heavy atom. The number of para-hydroxylation sites is 1. The summed E-state index contributed by atoms with van der Waals surface area (Å²) in [5, 5.41) is 15.9. The molecule has 16 heavy (non-hydrogen) atoms. The summed E-state index contributed by atoms with van der Waals surface area (Å²) in [6.07, 6.45) is 3.42. The Morgan fingerprint density at radius 3 is 2.12 bits per heavy atom. The number of H-pyrrole nitrogens is 1. The van der Waals surface area contributed by atoms with Crippen LogP contribution in [0.1, 0.15) is 0 Å². The Morgan fingerprint density at radius 2 is 1.62 bits per heavy atom. The van der Waals surface area contributed by atoms with E-state index in [-0.39, 0.29) is 55.4 Å². The maximum absolute atomic E-state index is 9.44. The van der Waals surface area contributed by atoms with Gasteiger partial charge in [0.05, 0.1) is 6.20 Å². The van der Waals surface area contributed by atoms with Gasteiger partial charge in [-0.1, -0.05) is 18.2 Å². The number of benzene rings is 1. The van der Waals surface area contributed by atoms with Crippen molar-refractivity contribution in [3.63, 3.8) is 0 Å². The molecule has 3 nitrogen and oxygen atoms in total. The predicted octanol–water partition coefficient (Wildman–Crippen LogP) is 3.47. The highest BCUT2D eigenvalue weighted by Gasteiger charge is 2.02. The van der Waals surface area contributed by atoms with Gasteiger partial charge in [0.2, 0.25) is 0 Å². The Bertz CT molecular complexity index is 381. The first-order valence-electron chi connectivity index (χ1n) is 3.65. The molecule has 0 aliphatic rings. The molecular formula is C9H12Cl4N2O. The number of rotatable bonds is 1. The summed E-state index contributed by atoms with van der Waals surface area (Å²) in [5.74, 6) is 0.277. The summed E-state index contributed by atoms with van der Waals surface area (Å²) >= 11 is 0. The molecule has 0 spiro atoms. The van der Waals surface area contributed by atoms with Crippen LogP contribution in [0.15, 0.2) is 36.7 Å². The molecule has 2 rings (SSSR count). The highest BCUT2D eigenvalue weighted by Crippen LogP contribution is 2.26. The van der Waals surface area contributed by atoms with Gasteiger partial charge in [0.1, 0.15) is 5.75 Å². The fourth-order valence-electron chi connectivity index (χ4n) is 1.12. The maximum Gasteiger partial charge on any atom is 0.123 e. The van der Waals surface area contributed by atoms with Gasteiger partial charge in [-0.25, -0.2) is 0 Å². The average molecular weight is 306 g/mol. The van der Waals surface area contributed by atoms with Gasteiger partial charge >= 0.3 is 0 Å². The van der Waals surface area contributed by atoms with Crippen LogP contribution in [0, 0.1) is 0 Å². The van der Waals surface area contributed by atoms with E-state index in [0.717, 1.165) is 11.1 Å². The molecule has 1 aromatic carbocycles. The van der Waals surface area contributed by atoms with Crippen molar-refractivity contribution in [2.45, 2.75) is 0 Å². The van der Waals surface area contributed by atoms with Gasteiger partial charge in [0.25, 0.3) is 0 Å². The van der Waals surface area contributed by atoms with E-state index in [9.17, 15) is 5.11 Å². The minimum absolute atomic E-state index is 0. The summed E-state index contributed by atoms with van der Waals surface area (Å²) in [6.45, 7) is 0. The number of halogens is 4. The minimum atomic E-state index is 0. The summed E-state index contributed by atoms with van der Waals surface area (Å²) in [7, 11) is 0. The zero-order chi connectivity index (χ0) is 8.39. The molecule has 2 N–H and O–H groups in total. The summed E-state index contributed by atoms with van der Waals surface area (Å²) in [6, 6.07) is 7.17. The third-order valence-corrected chi connectivity index (χ3v) is 1.71. The predicted molar refractivity (Wildman–Crippen MR) is 74.7 cm³/mol. The normalized spacial score (nSPS) is 7.50. The molecule has 0 amide bonds. The number of hydrogen-bond donors (Lipinski definition) is 2. The van der Waals surface area contributed by atoms with Crippen molar-refractivity contribution in [3.05, 3.63) is 36.7 Å².